The summed E-state index contributed by atoms with van der Waals surface area (Å²) in [7, 11) is 0. The number of ether oxygens (including phenoxy) is 1. The van der Waals surface area contributed by atoms with Crippen molar-refractivity contribution in [1.29, 1.82) is 10.8 Å². The van der Waals surface area contributed by atoms with Gasteiger partial charge in [0.05, 0.1) is 36.5 Å². The number of rotatable bonds is 13. The van der Waals surface area contributed by atoms with Gasteiger partial charge in [-0.3, -0.25) is 15.0 Å². The molecule has 0 saturated heterocycles. The molecule has 1 aliphatic heterocycles. The van der Waals surface area contributed by atoms with Gasteiger partial charge in [-0.1, -0.05) is 18.2 Å². The molecule has 0 saturated carbocycles. The largest absolute Gasteiger partial charge is 0.424 e. The summed E-state index contributed by atoms with van der Waals surface area (Å²) < 4.78 is 10.8. The van der Waals surface area contributed by atoms with Crippen molar-refractivity contribution in [1.82, 2.24) is 25.2 Å². The van der Waals surface area contributed by atoms with E-state index in [1.165, 1.54) is 11.9 Å². The van der Waals surface area contributed by atoms with Crippen LogP contribution >= 0.6 is 0 Å². The van der Waals surface area contributed by atoms with Gasteiger partial charge in [-0.2, -0.15) is 4.98 Å². The van der Waals surface area contributed by atoms with Crippen molar-refractivity contribution in [3.8, 4) is 0 Å². The lowest BCUT2D eigenvalue weighted by Gasteiger charge is -2.29. The second-order valence-corrected chi connectivity index (χ2v) is 10.5. The molecule has 2 amide bonds. The van der Waals surface area contributed by atoms with Gasteiger partial charge in [0.25, 0.3) is 11.9 Å². The predicted octanol–water partition coefficient (Wildman–Crippen LogP) is 1.71. The van der Waals surface area contributed by atoms with Crippen LogP contribution in [0.5, 0.6) is 0 Å². The van der Waals surface area contributed by atoms with Crippen LogP contribution in [0.25, 0.3) is 11.1 Å². The first-order valence-electron chi connectivity index (χ1n) is 14.5. The molecule has 0 bridgehead atoms. The van der Waals surface area contributed by atoms with Gasteiger partial charge in [0.1, 0.15) is 23.5 Å². The third-order valence-corrected chi connectivity index (χ3v) is 7.50. The minimum atomic E-state index is -0.448. The Morgan fingerprint density at radius 1 is 1.11 bits per heavy atom. The molecule has 4 aromatic rings. The van der Waals surface area contributed by atoms with Crippen LogP contribution in [0.1, 0.15) is 34.2 Å². The molecule has 238 valence electrons. The molecule has 2 aromatic heterocycles. The Morgan fingerprint density at radius 2 is 1.96 bits per heavy atom. The number of amides is 2. The maximum atomic E-state index is 12.8. The normalized spacial score (nSPS) is 12.9. The molecular weight excluding hydrogens is 590 g/mol. The minimum Gasteiger partial charge on any atom is -0.424 e. The summed E-state index contributed by atoms with van der Waals surface area (Å²) in [5.41, 5.74) is 22.6. The van der Waals surface area contributed by atoms with Gasteiger partial charge in [0.2, 0.25) is 5.91 Å². The summed E-state index contributed by atoms with van der Waals surface area (Å²) in [5.74, 6) is 0.156. The van der Waals surface area contributed by atoms with Crippen LogP contribution in [-0.4, -0.2) is 69.9 Å². The van der Waals surface area contributed by atoms with Gasteiger partial charge in [-0.15, -0.1) is 0 Å². The summed E-state index contributed by atoms with van der Waals surface area (Å²) in [6.45, 7) is 2.28. The van der Waals surface area contributed by atoms with Crippen LogP contribution in [-0.2, 0) is 33.8 Å². The number of aromatic nitrogens is 3. The lowest BCUT2D eigenvalue weighted by atomic mass is 9.97. The summed E-state index contributed by atoms with van der Waals surface area (Å²) >= 11 is 0. The molecule has 5 rings (SSSR count). The standard InChI is InChI=1S/C31H35N11O4/c32-13-22(14-33)30(44)37-7-10-45-9-6-25(43)42-8-5-19-11-18(1-2-21(19)16-42)15-38-29-26(28(35)39-17-40-29)27(34)20-3-4-24-23(12-20)41-31(36)46-24/h1-4,11-14,17,32,34H,5-10,15-16,33H2,(H2,36,41)(H,37,44)(H3,35,38,39,40)/b22-14+,32-13?,34-27?. The van der Waals surface area contributed by atoms with Gasteiger partial charge < -0.3 is 47.3 Å². The van der Waals surface area contributed by atoms with E-state index in [0.717, 1.165) is 30.0 Å². The van der Waals surface area contributed by atoms with Crippen molar-refractivity contribution < 1.29 is 18.7 Å². The molecule has 3 heterocycles. The number of nitrogens with one attached hydrogen (secondary N) is 4. The van der Waals surface area contributed by atoms with E-state index in [1.54, 1.807) is 18.2 Å². The SMILES string of the molecule is N=C/C(=C\N)C(=O)NCCOCCC(=O)N1CCc2cc(CNc3ncnc(N)c3C(=N)c3ccc4oc(N)nc4c3)ccc2C1. The maximum Gasteiger partial charge on any atom is 0.292 e. The molecule has 0 spiro atoms. The fourth-order valence-electron chi connectivity index (χ4n) is 5.09. The molecule has 0 atom stereocenters. The Kier molecular flexibility index (Phi) is 9.82. The zero-order valence-corrected chi connectivity index (χ0v) is 25.0. The molecule has 10 N–H and O–H groups in total. The molecule has 2 aromatic carbocycles. The Balaban J connectivity index is 1.13. The lowest BCUT2D eigenvalue weighted by molar-refractivity contribution is -0.133. The lowest BCUT2D eigenvalue weighted by Crippen LogP contribution is -2.36. The quantitative estimate of drug-likeness (QED) is 0.0640. The number of nitrogens with two attached hydrogens (primary N) is 3. The van der Waals surface area contributed by atoms with E-state index in [2.05, 4.69) is 31.7 Å². The number of benzene rings is 2. The number of hydrogen-bond acceptors (Lipinski definition) is 13. The average molecular weight is 626 g/mol. The van der Waals surface area contributed by atoms with Gasteiger partial charge in [0, 0.05) is 44.2 Å². The van der Waals surface area contributed by atoms with Crippen molar-refractivity contribution >= 4 is 52.5 Å². The Bertz CT molecular complexity index is 1820. The van der Waals surface area contributed by atoms with Gasteiger partial charge >= 0.3 is 0 Å². The van der Waals surface area contributed by atoms with E-state index in [-0.39, 0.29) is 55.2 Å². The minimum absolute atomic E-state index is 0.0000763. The fraction of sp³-hybridized carbons (Fsp3) is 0.258. The third-order valence-electron chi connectivity index (χ3n) is 7.50. The van der Waals surface area contributed by atoms with Crippen molar-refractivity contribution in [2.24, 2.45) is 5.73 Å². The van der Waals surface area contributed by atoms with Crippen LogP contribution in [0.2, 0.25) is 0 Å². The number of nitrogens with zero attached hydrogens (tertiary/aromatic N) is 4. The monoisotopic (exact) mass is 625 g/mol. The van der Waals surface area contributed by atoms with Crippen molar-refractivity contribution in [3.05, 3.63) is 82.3 Å². The van der Waals surface area contributed by atoms with Crippen LogP contribution in [0, 0.1) is 10.8 Å². The van der Waals surface area contributed by atoms with E-state index in [4.69, 9.17) is 37.2 Å². The van der Waals surface area contributed by atoms with E-state index < -0.39 is 5.91 Å². The third kappa shape index (κ3) is 7.27. The fourth-order valence-corrected chi connectivity index (χ4v) is 5.09. The van der Waals surface area contributed by atoms with Gasteiger partial charge in [0.15, 0.2) is 5.58 Å². The van der Waals surface area contributed by atoms with Gasteiger partial charge in [-0.05, 0) is 41.3 Å². The number of fused-ring (bicyclic) bond motifs is 2. The second kappa shape index (κ2) is 14.3. The second-order valence-electron chi connectivity index (χ2n) is 10.5. The van der Waals surface area contributed by atoms with Crippen molar-refractivity contribution in [2.75, 3.05) is 43.1 Å². The first-order valence-corrected chi connectivity index (χ1v) is 14.5. The number of carbonyl (C=O) groups is 2. The molecule has 0 radical (unpaired) electrons. The highest BCUT2D eigenvalue weighted by Crippen LogP contribution is 2.26. The molecule has 0 fully saturated rings. The topological polar surface area (TPSA) is 248 Å². The molecule has 1 aliphatic rings. The molecule has 0 aliphatic carbocycles. The van der Waals surface area contributed by atoms with E-state index in [9.17, 15) is 9.59 Å². The smallest absolute Gasteiger partial charge is 0.292 e. The first-order chi connectivity index (χ1) is 22.3. The Morgan fingerprint density at radius 3 is 2.76 bits per heavy atom. The number of hydrogen-bond donors (Lipinski definition) is 7. The molecule has 0 unspecified atom stereocenters. The predicted molar refractivity (Wildman–Crippen MR) is 173 cm³/mol. The van der Waals surface area contributed by atoms with Crippen molar-refractivity contribution in [2.45, 2.75) is 25.9 Å². The van der Waals surface area contributed by atoms with Crippen LogP contribution in [0.3, 0.4) is 0 Å². The highest BCUT2D eigenvalue weighted by molar-refractivity contribution is 6.17. The summed E-state index contributed by atoms with van der Waals surface area (Å²) in [4.78, 5) is 39.0. The van der Waals surface area contributed by atoms with E-state index >= 15 is 0 Å². The maximum absolute atomic E-state index is 12.8. The molecule has 15 nitrogen and oxygen atoms in total. The number of carbonyl (C=O) groups excluding carboxylic acids is 2. The molecule has 46 heavy (non-hydrogen) atoms. The number of anilines is 3. The van der Waals surface area contributed by atoms with Crippen molar-refractivity contribution in [3.63, 3.8) is 0 Å². The number of oxazole rings is 1. The summed E-state index contributed by atoms with van der Waals surface area (Å²) in [5, 5.41) is 21.9. The van der Waals surface area contributed by atoms with E-state index in [0.29, 0.717) is 47.7 Å². The summed E-state index contributed by atoms with van der Waals surface area (Å²) in [6, 6.07) is 11.3. The molecule has 15 heteroatoms. The highest BCUT2D eigenvalue weighted by Gasteiger charge is 2.21. The van der Waals surface area contributed by atoms with Crippen LogP contribution in [0.15, 0.2) is 58.9 Å². The number of nitrogen functional groups attached to an aromatic ring is 2. The Hall–Kier alpha value is -5.83. The molecular formula is C31H35N11O4. The van der Waals surface area contributed by atoms with E-state index in [1.807, 2.05) is 17.0 Å². The van der Waals surface area contributed by atoms with Crippen LogP contribution in [0.4, 0.5) is 17.7 Å². The first kappa shape index (κ1) is 31.6. The zero-order valence-electron chi connectivity index (χ0n) is 25.0. The average Bonchev–Trinajstić information content (AvgIpc) is 3.44. The van der Waals surface area contributed by atoms with Crippen LogP contribution < -0.4 is 27.8 Å². The zero-order chi connectivity index (χ0) is 32.6. The summed E-state index contributed by atoms with van der Waals surface area (Å²) in [6.07, 6.45) is 4.26. The Labute approximate surface area is 264 Å². The highest BCUT2D eigenvalue weighted by atomic mass is 16.5. The van der Waals surface area contributed by atoms with Gasteiger partial charge in [-0.25, -0.2) is 9.97 Å².